The Balaban J connectivity index is 2.25. The molecule has 1 saturated heterocycles. The second-order valence-electron chi connectivity index (χ2n) is 4.95. The number of rotatable bonds is 2. The van der Waals surface area contributed by atoms with E-state index < -0.39 is 48.8 Å². The molecule has 1 amide bonds. The summed E-state index contributed by atoms with van der Waals surface area (Å²) in [6.07, 6.45) is -6.10. The minimum atomic E-state index is -5.03. The highest BCUT2D eigenvalue weighted by Gasteiger charge is 2.44. The molecule has 1 aromatic rings. The van der Waals surface area contributed by atoms with Gasteiger partial charge in [0.1, 0.15) is 12.3 Å². The lowest BCUT2D eigenvalue weighted by atomic mass is 10.3. The molecule has 0 saturated carbocycles. The maximum Gasteiger partial charge on any atom is 0.471 e. The van der Waals surface area contributed by atoms with Gasteiger partial charge in [0.2, 0.25) is 0 Å². The van der Waals surface area contributed by atoms with E-state index in [4.69, 9.17) is 4.74 Å². The van der Waals surface area contributed by atoms with Crippen LogP contribution in [0.4, 0.5) is 13.2 Å². The summed E-state index contributed by atoms with van der Waals surface area (Å²) in [7, 11) is 0. The molecule has 1 fully saturated rings. The SMILES string of the molecule is O=C(N1CCC(n2ccc(=O)[nH]c2=O)OC(CO)C1)C(F)(F)F. The van der Waals surface area contributed by atoms with Crippen molar-refractivity contribution in [1.82, 2.24) is 14.5 Å². The zero-order chi connectivity index (χ0) is 17.2. The number of nitrogens with one attached hydrogen (secondary N) is 1. The molecule has 2 rings (SSSR count). The number of alkyl halides is 3. The van der Waals surface area contributed by atoms with Gasteiger partial charge >= 0.3 is 17.8 Å². The van der Waals surface area contributed by atoms with E-state index in [1.54, 1.807) is 0 Å². The lowest BCUT2D eigenvalue weighted by Crippen LogP contribution is -2.45. The van der Waals surface area contributed by atoms with E-state index in [9.17, 15) is 32.7 Å². The van der Waals surface area contributed by atoms with Crippen molar-refractivity contribution in [3.8, 4) is 0 Å². The Morgan fingerprint density at radius 1 is 1.43 bits per heavy atom. The van der Waals surface area contributed by atoms with Gasteiger partial charge in [-0.15, -0.1) is 0 Å². The van der Waals surface area contributed by atoms with Crippen LogP contribution in [0.2, 0.25) is 0 Å². The van der Waals surface area contributed by atoms with E-state index in [1.165, 1.54) is 0 Å². The first-order chi connectivity index (χ1) is 10.7. The number of nitrogens with zero attached hydrogens (tertiary/aromatic N) is 2. The van der Waals surface area contributed by atoms with Crippen molar-refractivity contribution in [2.45, 2.75) is 24.9 Å². The summed E-state index contributed by atoms with van der Waals surface area (Å²) in [4.78, 5) is 36.6. The number of H-pyrrole nitrogens is 1. The maximum absolute atomic E-state index is 12.5. The number of ether oxygens (including phenoxy) is 1. The number of hydrogen-bond donors (Lipinski definition) is 2. The normalized spacial score (nSPS) is 22.7. The molecule has 1 aliphatic heterocycles. The van der Waals surface area contributed by atoms with Gasteiger partial charge in [-0.2, -0.15) is 13.2 Å². The highest BCUT2D eigenvalue weighted by Crippen LogP contribution is 2.24. The molecule has 0 aromatic carbocycles. The molecule has 2 heterocycles. The molecule has 0 radical (unpaired) electrons. The Morgan fingerprint density at radius 2 is 2.13 bits per heavy atom. The van der Waals surface area contributed by atoms with Gasteiger partial charge in [-0.05, 0) is 0 Å². The van der Waals surface area contributed by atoms with Gasteiger partial charge in [0.15, 0.2) is 0 Å². The molecular formula is C12H14F3N3O5. The van der Waals surface area contributed by atoms with E-state index in [0.717, 1.165) is 16.8 Å². The Kier molecular flexibility index (Phi) is 4.90. The van der Waals surface area contributed by atoms with Crippen molar-refractivity contribution in [3.63, 3.8) is 0 Å². The Bertz CT molecular complexity index is 683. The number of carbonyl (C=O) groups excluding carboxylic acids is 1. The summed E-state index contributed by atoms with van der Waals surface area (Å²) in [6.45, 7) is -1.40. The number of aliphatic hydroxyl groups is 1. The van der Waals surface area contributed by atoms with Crippen LogP contribution in [0.1, 0.15) is 12.6 Å². The highest BCUT2D eigenvalue weighted by molar-refractivity contribution is 5.81. The van der Waals surface area contributed by atoms with Crippen LogP contribution < -0.4 is 11.2 Å². The molecule has 8 nitrogen and oxygen atoms in total. The molecule has 128 valence electrons. The van der Waals surface area contributed by atoms with E-state index in [1.807, 2.05) is 4.98 Å². The molecule has 1 aromatic heterocycles. The van der Waals surface area contributed by atoms with Crippen molar-refractivity contribution in [3.05, 3.63) is 33.1 Å². The van der Waals surface area contributed by atoms with Crippen LogP contribution in [-0.4, -0.2) is 57.4 Å². The minimum Gasteiger partial charge on any atom is -0.394 e. The summed E-state index contributed by atoms with van der Waals surface area (Å²) in [5, 5.41) is 9.21. The van der Waals surface area contributed by atoms with E-state index in [-0.39, 0.29) is 13.0 Å². The number of amides is 1. The van der Waals surface area contributed by atoms with Gasteiger partial charge in [-0.25, -0.2) is 4.79 Å². The Morgan fingerprint density at radius 3 is 2.70 bits per heavy atom. The van der Waals surface area contributed by atoms with Crippen LogP contribution in [0.5, 0.6) is 0 Å². The first-order valence-electron chi connectivity index (χ1n) is 6.66. The average Bonchev–Trinajstić information content (AvgIpc) is 2.68. The molecule has 0 spiro atoms. The van der Waals surface area contributed by atoms with Crippen LogP contribution in [-0.2, 0) is 9.53 Å². The zero-order valence-electron chi connectivity index (χ0n) is 11.7. The van der Waals surface area contributed by atoms with Crippen LogP contribution >= 0.6 is 0 Å². The third-order valence-corrected chi connectivity index (χ3v) is 3.31. The molecule has 2 N–H and O–H groups in total. The fraction of sp³-hybridized carbons (Fsp3) is 0.583. The number of carbonyl (C=O) groups is 1. The third-order valence-electron chi connectivity index (χ3n) is 3.31. The number of halogens is 3. The fourth-order valence-corrected chi connectivity index (χ4v) is 2.26. The minimum absolute atomic E-state index is 0.107. The van der Waals surface area contributed by atoms with Crippen molar-refractivity contribution in [2.75, 3.05) is 19.7 Å². The zero-order valence-corrected chi connectivity index (χ0v) is 11.7. The van der Waals surface area contributed by atoms with Gasteiger partial charge in [-0.1, -0.05) is 0 Å². The summed E-state index contributed by atoms with van der Waals surface area (Å²) in [5.41, 5.74) is -1.43. The van der Waals surface area contributed by atoms with Crippen LogP contribution in [0.15, 0.2) is 21.9 Å². The molecule has 23 heavy (non-hydrogen) atoms. The number of aromatic amines is 1. The van der Waals surface area contributed by atoms with Crippen LogP contribution in [0.25, 0.3) is 0 Å². The molecule has 1 aliphatic rings. The number of hydrogen-bond acceptors (Lipinski definition) is 5. The second kappa shape index (κ2) is 6.54. The second-order valence-corrected chi connectivity index (χ2v) is 4.95. The summed E-state index contributed by atoms with van der Waals surface area (Å²) >= 11 is 0. The summed E-state index contributed by atoms with van der Waals surface area (Å²) < 4.78 is 44.0. The Hall–Kier alpha value is -2.14. The first-order valence-corrected chi connectivity index (χ1v) is 6.66. The van der Waals surface area contributed by atoms with Crippen molar-refractivity contribution in [2.24, 2.45) is 0 Å². The largest absolute Gasteiger partial charge is 0.471 e. The van der Waals surface area contributed by atoms with Gasteiger partial charge in [0.05, 0.1) is 6.61 Å². The smallest absolute Gasteiger partial charge is 0.394 e. The monoisotopic (exact) mass is 337 g/mol. The summed E-state index contributed by atoms with van der Waals surface area (Å²) in [6, 6.07) is 1.06. The van der Waals surface area contributed by atoms with E-state index in [2.05, 4.69) is 0 Å². The Labute approximate surface area is 127 Å². The molecule has 2 unspecified atom stereocenters. The van der Waals surface area contributed by atoms with Gasteiger partial charge in [-0.3, -0.25) is 19.1 Å². The lowest BCUT2D eigenvalue weighted by molar-refractivity contribution is -0.186. The lowest BCUT2D eigenvalue weighted by Gasteiger charge is -2.23. The molecule has 11 heteroatoms. The first kappa shape index (κ1) is 17.2. The molecule has 0 bridgehead atoms. The predicted octanol–water partition coefficient (Wildman–Crippen LogP) is -0.793. The highest BCUT2D eigenvalue weighted by atomic mass is 19.4. The third kappa shape index (κ3) is 3.99. The molecular weight excluding hydrogens is 323 g/mol. The standard InChI is InChI=1S/C12H14F3N3O5/c13-12(14,15)10(21)17-3-2-9(23-7(5-17)6-19)18-4-1-8(20)16-11(18)22/h1,4,7,9,19H,2-3,5-6H2,(H,16,20,22). The number of aromatic nitrogens is 2. The van der Waals surface area contributed by atoms with Gasteiger partial charge in [0.25, 0.3) is 5.56 Å². The predicted molar refractivity (Wildman–Crippen MR) is 69.6 cm³/mol. The van der Waals surface area contributed by atoms with Crippen LogP contribution in [0.3, 0.4) is 0 Å². The fourth-order valence-electron chi connectivity index (χ4n) is 2.26. The average molecular weight is 337 g/mol. The van der Waals surface area contributed by atoms with Crippen molar-refractivity contribution >= 4 is 5.91 Å². The molecule has 0 aliphatic carbocycles. The van der Waals surface area contributed by atoms with E-state index >= 15 is 0 Å². The number of aliphatic hydroxyl groups excluding tert-OH is 1. The maximum atomic E-state index is 12.5. The quantitative estimate of drug-likeness (QED) is 0.736. The van der Waals surface area contributed by atoms with Crippen molar-refractivity contribution in [1.29, 1.82) is 0 Å². The van der Waals surface area contributed by atoms with Gasteiger partial charge in [0, 0.05) is 31.8 Å². The van der Waals surface area contributed by atoms with Gasteiger partial charge < -0.3 is 14.7 Å². The van der Waals surface area contributed by atoms with E-state index in [0.29, 0.717) is 4.90 Å². The summed E-state index contributed by atoms with van der Waals surface area (Å²) in [5.74, 6) is -2.03. The van der Waals surface area contributed by atoms with Crippen LogP contribution in [0, 0.1) is 0 Å². The topological polar surface area (TPSA) is 105 Å². The van der Waals surface area contributed by atoms with Crippen molar-refractivity contribution < 1.29 is 27.8 Å². The molecule has 2 atom stereocenters.